The number of pyridine rings is 1. The number of benzene rings is 1. The molecule has 1 aromatic heterocycles. The molecule has 0 spiro atoms. The maximum absolute atomic E-state index is 6.03. The Balaban J connectivity index is 1.95. The van der Waals surface area contributed by atoms with Gasteiger partial charge in [0.15, 0.2) is 0 Å². The van der Waals surface area contributed by atoms with E-state index in [0.717, 1.165) is 24.3 Å². The average Bonchev–Trinajstić information content (AvgIpc) is 2.47. The van der Waals surface area contributed by atoms with E-state index in [1.165, 1.54) is 0 Å². The Labute approximate surface area is 128 Å². The second-order valence-electron chi connectivity index (χ2n) is 4.30. The van der Waals surface area contributed by atoms with Gasteiger partial charge in [0.25, 0.3) is 0 Å². The van der Waals surface area contributed by atoms with E-state index < -0.39 is 0 Å². The number of hydrogen-bond acceptors (Lipinski definition) is 3. The van der Waals surface area contributed by atoms with Crippen molar-refractivity contribution in [2.24, 2.45) is 0 Å². The fourth-order valence-corrected chi connectivity index (χ4v) is 1.99. The van der Waals surface area contributed by atoms with Gasteiger partial charge in [-0.3, -0.25) is 4.98 Å². The lowest BCUT2D eigenvalue weighted by Gasteiger charge is -2.08. The fourth-order valence-electron chi connectivity index (χ4n) is 1.65. The number of halogens is 2. The van der Waals surface area contributed by atoms with Gasteiger partial charge in [0.1, 0.15) is 12.4 Å². The quantitative estimate of drug-likeness (QED) is 0.873. The topological polar surface area (TPSA) is 34.1 Å². The summed E-state index contributed by atoms with van der Waals surface area (Å²) in [6.45, 7) is 4.20. The number of aromatic nitrogens is 1. The third-order valence-corrected chi connectivity index (χ3v) is 3.28. The molecule has 106 valence electrons. The summed E-state index contributed by atoms with van der Waals surface area (Å²) < 4.78 is 5.63. The van der Waals surface area contributed by atoms with Crippen LogP contribution in [0.5, 0.6) is 5.75 Å². The van der Waals surface area contributed by atoms with Crippen molar-refractivity contribution < 1.29 is 4.74 Å². The van der Waals surface area contributed by atoms with Gasteiger partial charge in [-0.2, -0.15) is 0 Å². The second kappa shape index (κ2) is 7.48. The third-order valence-electron chi connectivity index (χ3n) is 2.73. The van der Waals surface area contributed by atoms with Gasteiger partial charge in [-0.25, -0.2) is 0 Å². The Morgan fingerprint density at radius 2 is 2.05 bits per heavy atom. The van der Waals surface area contributed by atoms with Crippen LogP contribution in [0.15, 0.2) is 36.5 Å². The van der Waals surface area contributed by atoms with Crippen LogP contribution in [0.4, 0.5) is 0 Å². The van der Waals surface area contributed by atoms with E-state index in [9.17, 15) is 0 Å². The summed E-state index contributed by atoms with van der Waals surface area (Å²) in [5.74, 6) is 0.567. The van der Waals surface area contributed by atoms with Crippen molar-refractivity contribution in [3.8, 4) is 5.75 Å². The predicted octanol–water partition coefficient (Wildman–Crippen LogP) is 4.08. The molecule has 0 aliphatic rings. The summed E-state index contributed by atoms with van der Waals surface area (Å²) in [6, 6.07) is 9.12. The summed E-state index contributed by atoms with van der Waals surface area (Å²) in [6.07, 6.45) is 1.85. The van der Waals surface area contributed by atoms with Crippen molar-refractivity contribution >= 4 is 23.2 Å². The smallest absolute Gasteiger partial charge is 0.139 e. The lowest BCUT2D eigenvalue weighted by Crippen LogP contribution is -2.12. The molecule has 5 heteroatoms. The zero-order valence-corrected chi connectivity index (χ0v) is 12.7. The molecule has 2 rings (SSSR count). The monoisotopic (exact) mass is 310 g/mol. The summed E-state index contributed by atoms with van der Waals surface area (Å²) in [4.78, 5) is 4.36. The molecule has 1 N–H and O–H groups in total. The summed E-state index contributed by atoms with van der Waals surface area (Å²) >= 11 is 11.9. The molecule has 1 aromatic carbocycles. The Morgan fingerprint density at radius 1 is 1.20 bits per heavy atom. The standard InChI is InChI=1S/C15H16Cl2N2O/c1-2-18-8-11-3-5-13(19-9-11)10-20-15-7-12(16)4-6-14(15)17/h3-7,9,18H,2,8,10H2,1H3. The molecule has 0 saturated carbocycles. The van der Waals surface area contributed by atoms with E-state index in [-0.39, 0.29) is 0 Å². The van der Waals surface area contributed by atoms with Crippen molar-refractivity contribution in [3.63, 3.8) is 0 Å². The molecule has 0 atom stereocenters. The Morgan fingerprint density at radius 3 is 2.75 bits per heavy atom. The van der Waals surface area contributed by atoms with Crippen molar-refractivity contribution in [1.82, 2.24) is 10.3 Å². The van der Waals surface area contributed by atoms with Crippen molar-refractivity contribution in [2.45, 2.75) is 20.1 Å². The van der Waals surface area contributed by atoms with E-state index >= 15 is 0 Å². The molecule has 0 aliphatic heterocycles. The fraction of sp³-hybridized carbons (Fsp3) is 0.267. The Bertz CT molecular complexity index is 558. The zero-order valence-electron chi connectivity index (χ0n) is 11.2. The molecule has 0 saturated heterocycles. The highest BCUT2D eigenvalue weighted by Gasteiger charge is 2.04. The first kappa shape index (κ1) is 15.1. The molecular formula is C15H16Cl2N2O. The molecule has 3 nitrogen and oxygen atoms in total. The van der Waals surface area contributed by atoms with E-state index in [0.29, 0.717) is 22.4 Å². The molecule has 0 amide bonds. The van der Waals surface area contributed by atoms with Gasteiger partial charge >= 0.3 is 0 Å². The maximum Gasteiger partial charge on any atom is 0.139 e. The third kappa shape index (κ3) is 4.37. The van der Waals surface area contributed by atoms with Gasteiger partial charge in [-0.05, 0) is 30.3 Å². The van der Waals surface area contributed by atoms with Crippen LogP contribution in [-0.4, -0.2) is 11.5 Å². The van der Waals surface area contributed by atoms with Gasteiger partial charge in [-0.1, -0.05) is 36.2 Å². The van der Waals surface area contributed by atoms with Crippen LogP contribution in [0.25, 0.3) is 0 Å². The highest BCUT2D eigenvalue weighted by molar-refractivity contribution is 6.34. The van der Waals surface area contributed by atoms with Gasteiger partial charge in [0.2, 0.25) is 0 Å². The van der Waals surface area contributed by atoms with Gasteiger partial charge in [0.05, 0.1) is 10.7 Å². The summed E-state index contributed by atoms with van der Waals surface area (Å²) in [7, 11) is 0. The van der Waals surface area contributed by atoms with Crippen LogP contribution in [0.1, 0.15) is 18.2 Å². The van der Waals surface area contributed by atoms with Crippen LogP contribution < -0.4 is 10.1 Å². The van der Waals surface area contributed by atoms with E-state index in [1.807, 2.05) is 18.3 Å². The largest absolute Gasteiger partial charge is 0.486 e. The molecule has 0 radical (unpaired) electrons. The van der Waals surface area contributed by atoms with Crippen molar-refractivity contribution in [1.29, 1.82) is 0 Å². The predicted molar refractivity (Wildman–Crippen MR) is 82.4 cm³/mol. The maximum atomic E-state index is 6.03. The molecule has 0 fully saturated rings. The lowest BCUT2D eigenvalue weighted by molar-refractivity contribution is 0.301. The van der Waals surface area contributed by atoms with E-state index in [2.05, 4.69) is 17.2 Å². The first-order chi connectivity index (χ1) is 9.69. The van der Waals surface area contributed by atoms with E-state index in [1.54, 1.807) is 18.2 Å². The number of ether oxygens (including phenoxy) is 1. The number of nitrogens with zero attached hydrogens (tertiary/aromatic N) is 1. The first-order valence-electron chi connectivity index (χ1n) is 6.41. The summed E-state index contributed by atoms with van der Waals surface area (Å²) in [5.41, 5.74) is 2.00. The van der Waals surface area contributed by atoms with Crippen molar-refractivity contribution in [3.05, 3.63) is 57.8 Å². The average molecular weight is 311 g/mol. The minimum absolute atomic E-state index is 0.363. The van der Waals surface area contributed by atoms with Crippen LogP contribution in [0.2, 0.25) is 10.0 Å². The molecule has 0 aliphatic carbocycles. The Kier molecular flexibility index (Phi) is 5.65. The zero-order chi connectivity index (χ0) is 14.4. The minimum Gasteiger partial charge on any atom is -0.486 e. The van der Waals surface area contributed by atoms with E-state index in [4.69, 9.17) is 27.9 Å². The minimum atomic E-state index is 0.363. The van der Waals surface area contributed by atoms with Crippen LogP contribution in [0.3, 0.4) is 0 Å². The molecule has 1 heterocycles. The highest BCUT2D eigenvalue weighted by atomic mass is 35.5. The van der Waals surface area contributed by atoms with Gasteiger partial charge < -0.3 is 10.1 Å². The van der Waals surface area contributed by atoms with Crippen LogP contribution in [-0.2, 0) is 13.2 Å². The van der Waals surface area contributed by atoms with Crippen LogP contribution >= 0.6 is 23.2 Å². The number of nitrogens with one attached hydrogen (secondary N) is 1. The second-order valence-corrected chi connectivity index (χ2v) is 5.15. The number of rotatable bonds is 6. The van der Waals surface area contributed by atoms with Gasteiger partial charge in [0, 0.05) is 23.8 Å². The lowest BCUT2D eigenvalue weighted by atomic mass is 10.2. The molecule has 2 aromatic rings. The first-order valence-corrected chi connectivity index (χ1v) is 7.17. The molecule has 0 bridgehead atoms. The molecule has 0 unspecified atom stereocenters. The highest BCUT2D eigenvalue weighted by Crippen LogP contribution is 2.28. The summed E-state index contributed by atoms with van der Waals surface area (Å²) in [5, 5.41) is 4.39. The van der Waals surface area contributed by atoms with Crippen LogP contribution in [0, 0.1) is 0 Å². The number of hydrogen-bond donors (Lipinski definition) is 1. The van der Waals surface area contributed by atoms with Gasteiger partial charge in [-0.15, -0.1) is 0 Å². The van der Waals surface area contributed by atoms with Crippen molar-refractivity contribution in [2.75, 3.05) is 6.54 Å². The SMILES string of the molecule is CCNCc1ccc(COc2cc(Cl)ccc2Cl)nc1. The molecule has 20 heavy (non-hydrogen) atoms. The molecular weight excluding hydrogens is 295 g/mol. The Hall–Kier alpha value is -1.29. The normalized spacial score (nSPS) is 10.6.